The van der Waals surface area contributed by atoms with Crippen LogP contribution in [0.15, 0.2) is 15.7 Å². The van der Waals surface area contributed by atoms with Gasteiger partial charge in [-0.2, -0.15) is 0 Å². The van der Waals surface area contributed by atoms with Crippen molar-refractivity contribution in [2.75, 3.05) is 11.9 Å². The SMILES string of the molecule is c1cc2c(s1)SC(C1CCCCC1)CN2. The van der Waals surface area contributed by atoms with Crippen LogP contribution >= 0.6 is 23.1 Å². The molecule has 0 saturated heterocycles. The van der Waals surface area contributed by atoms with Gasteiger partial charge in [-0.15, -0.1) is 23.1 Å². The highest BCUT2D eigenvalue weighted by atomic mass is 32.2. The van der Waals surface area contributed by atoms with Crippen LogP contribution < -0.4 is 5.32 Å². The Labute approximate surface area is 99.7 Å². The predicted octanol–water partition coefficient (Wildman–Crippen LogP) is 4.21. The monoisotopic (exact) mass is 239 g/mol. The lowest BCUT2D eigenvalue weighted by Crippen LogP contribution is -2.29. The first-order valence-corrected chi connectivity index (χ1v) is 7.67. The molecule has 0 bridgehead atoms. The fourth-order valence-corrected chi connectivity index (χ4v) is 5.20. The average molecular weight is 239 g/mol. The molecule has 1 N–H and O–H groups in total. The zero-order valence-electron chi connectivity index (χ0n) is 8.87. The minimum atomic E-state index is 0.830. The molecule has 0 spiro atoms. The minimum absolute atomic E-state index is 0.830. The number of rotatable bonds is 1. The third-order valence-corrected chi connectivity index (χ3v) is 6.13. The summed E-state index contributed by atoms with van der Waals surface area (Å²) in [5.74, 6) is 0.964. The number of thioether (sulfide) groups is 1. The summed E-state index contributed by atoms with van der Waals surface area (Å²) in [6.07, 6.45) is 7.30. The Bertz CT molecular complexity index is 328. The van der Waals surface area contributed by atoms with Gasteiger partial charge in [-0.05, 0) is 30.2 Å². The molecular formula is C12H17NS2. The molecule has 0 radical (unpaired) electrons. The summed E-state index contributed by atoms with van der Waals surface area (Å²) in [5.41, 5.74) is 1.37. The van der Waals surface area contributed by atoms with Crippen molar-refractivity contribution in [3.8, 4) is 0 Å². The Morgan fingerprint density at radius 2 is 2.07 bits per heavy atom. The van der Waals surface area contributed by atoms with Gasteiger partial charge < -0.3 is 5.32 Å². The lowest BCUT2D eigenvalue weighted by molar-refractivity contribution is 0.352. The average Bonchev–Trinajstić information content (AvgIpc) is 2.77. The molecule has 1 aliphatic carbocycles. The van der Waals surface area contributed by atoms with Crippen molar-refractivity contribution in [1.29, 1.82) is 0 Å². The highest BCUT2D eigenvalue weighted by Gasteiger charge is 2.28. The topological polar surface area (TPSA) is 12.0 Å². The van der Waals surface area contributed by atoms with Crippen LogP contribution in [0.25, 0.3) is 0 Å². The van der Waals surface area contributed by atoms with E-state index in [4.69, 9.17) is 0 Å². The third-order valence-electron chi connectivity index (χ3n) is 3.56. The van der Waals surface area contributed by atoms with Gasteiger partial charge in [0.2, 0.25) is 0 Å². The van der Waals surface area contributed by atoms with Crippen LogP contribution in [0.3, 0.4) is 0 Å². The van der Waals surface area contributed by atoms with Gasteiger partial charge in [-0.25, -0.2) is 0 Å². The van der Waals surface area contributed by atoms with Crippen molar-refractivity contribution in [3.63, 3.8) is 0 Å². The van der Waals surface area contributed by atoms with E-state index in [1.54, 1.807) is 0 Å². The van der Waals surface area contributed by atoms with Gasteiger partial charge in [0.25, 0.3) is 0 Å². The quantitative estimate of drug-likeness (QED) is 0.787. The number of hydrogen-bond acceptors (Lipinski definition) is 3. The summed E-state index contributed by atoms with van der Waals surface area (Å²) < 4.78 is 1.51. The molecule has 1 fully saturated rings. The second-order valence-corrected chi connectivity index (χ2v) is 6.98. The maximum atomic E-state index is 3.58. The van der Waals surface area contributed by atoms with E-state index in [2.05, 4.69) is 28.5 Å². The molecule has 1 nitrogen and oxygen atoms in total. The van der Waals surface area contributed by atoms with Crippen molar-refractivity contribution in [1.82, 2.24) is 0 Å². The summed E-state index contributed by atoms with van der Waals surface area (Å²) in [5, 5.41) is 6.61. The van der Waals surface area contributed by atoms with E-state index in [1.165, 1.54) is 48.5 Å². The molecule has 3 heteroatoms. The van der Waals surface area contributed by atoms with Gasteiger partial charge >= 0.3 is 0 Å². The van der Waals surface area contributed by atoms with Crippen molar-refractivity contribution in [2.45, 2.75) is 41.6 Å². The third kappa shape index (κ3) is 2.04. The molecule has 1 saturated carbocycles. The van der Waals surface area contributed by atoms with Crippen LogP contribution in [-0.4, -0.2) is 11.8 Å². The maximum Gasteiger partial charge on any atom is 0.0834 e. The van der Waals surface area contributed by atoms with E-state index in [0.717, 1.165) is 11.2 Å². The fraction of sp³-hybridized carbons (Fsp3) is 0.667. The first-order chi connectivity index (χ1) is 7.43. The van der Waals surface area contributed by atoms with Crippen LogP contribution in [0, 0.1) is 5.92 Å². The molecule has 1 atom stereocenters. The molecule has 0 amide bonds. The number of thiophene rings is 1. The molecule has 3 rings (SSSR count). The lowest BCUT2D eigenvalue weighted by atomic mass is 9.86. The van der Waals surface area contributed by atoms with Crippen molar-refractivity contribution in [3.05, 3.63) is 11.4 Å². The van der Waals surface area contributed by atoms with Crippen molar-refractivity contribution in [2.24, 2.45) is 5.92 Å². The summed E-state index contributed by atoms with van der Waals surface area (Å²) >= 11 is 4.02. The fourth-order valence-electron chi connectivity index (χ4n) is 2.68. The summed E-state index contributed by atoms with van der Waals surface area (Å²) in [6.45, 7) is 1.18. The van der Waals surface area contributed by atoms with E-state index >= 15 is 0 Å². The van der Waals surface area contributed by atoms with E-state index in [1.807, 2.05) is 11.3 Å². The molecule has 2 aliphatic rings. The zero-order chi connectivity index (χ0) is 10.1. The van der Waals surface area contributed by atoms with E-state index < -0.39 is 0 Å². The molecule has 1 aliphatic heterocycles. The van der Waals surface area contributed by atoms with Crippen LogP contribution in [0.2, 0.25) is 0 Å². The molecular weight excluding hydrogens is 222 g/mol. The second kappa shape index (κ2) is 4.38. The lowest BCUT2D eigenvalue weighted by Gasteiger charge is -2.32. The maximum absolute atomic E-state index is 3.58. The van der Waals surface area contributed by atoms with Crippen LogP contribution in [0.5, 0.6) is 0 Å². The van der Waals surface area contributed by atoms with Crippen molar-refractivity contribution < 1.29 is 0 Å². The standard InChI is InChI=1S/C12H17NS2/c1-2-4-9(5-3-1)11-8-13-10-6-7-14-12(10)15-11/h6-7,9,11,13H,1-5,8H2. The summed E-state index contributed by atoms with van der Waals surface area (Å²) in [4.78, 5) is 0. The van der Waals surface area contributed by atoms with Crippen LogP contribution in [-0.2, 0) is 0 Å². The number of nitrogens with one attached hydrogen (secondary N) is 1. The van der Waals surface area contributed by atoms with Crippen LogP contribution in [0.4, 0.5) is 5.69 Å². The van der Waals surface area contributed by atoms with Gasteiger partial charge in [0.05, 0.1) is 9.90 Å². The van der Waals surface area contributed by atoms with E-state index in [0.29, 0.717) is 0 Å². The Balaban J connectivity index is 1.69. The zero-order valence-corrected chi connectivity index (χ0v) is 10.5. The van der Waals surface area contributed by atoms with Crippen molar-refractivity contribution >= 4 is 28.8 Å². The van der Waals surface area contributed by atoms with Gasteiger partial charge in [-0.1, -0.05) is 19.3 Å². The molecule has 1 aromatic heterocycles. The van der Waals surface area contributed by atoms with E-state index in [-0.39, 0.29) is 0 Å². The predicted molar refractivity (Wildman–Crippen MR) is 69.0 cm³/mol. The van der Waals surface area contributed by atoms with E-state index in [9.17, 15) is 0 Å². The van der Waals surface area contributed by atoms with Gasteiger partial charge in [0, 0.05) is 11.8 Å². The highest BCUT2D eigenvalue weighted by molar-refractivity contribution is 8.02. The Morgan fingerprint density at radius 1 is 1.20 bits per heavy atom. The first-order valence-electron chi connectivity index (χ1n) is 5.91. The molecule has 2 heterocycles. The molecule has 1 unspecified atom stereocenters. The normalized spacial score (nSPS) is 27.1. The molecule has 1 aromatic rings. The van der Waals surface area contributed by atoms with Gasteiger partial charge in [-0.3, -0.25) is 0 Å². The number of hydrogen-bond donors (Lipinski definition) is 1. The minimum Gasteiger partial charge on any atom is -0.382 e. The number of fused-ring (bicyclic) bond motifs is 1. The summed E-state index contributed by atoms with van der Waals surface area (Å²) in [6, 6.07) is 2.21. The summed E-state index contributed by atoms with van der Waals surface area (Å²) in [7, 11) is 0. The first kappa shape index (κ1) is 10.0. The Hall–Kier alpha value is -0.150. The van der Waals surface area contributed by atoms with Gasteiger partial charge in [0.1, 0.15) is 0 Å². The molecule has 15 heavy (non-hydrogen) atoms. The van der Waals surface area contributed by atoms with Gasteiger partial charge in [0.15, 0.2) is 0 Å². The highest BCUT2D eigenvalue weighted by Crippen LogP contribution is 2.44. The van der Waals surface area contributed by atoms with Crippen LogP contribution in [0.1, 0.15) is 32.1 Å². The molecule has 82 valence electrons. The Kier molecular flexibility index (Phi) is 2.93. The largest absolute Gasteiger partial charge is 0.382 e. The molecule has 0 aromatic carbocycles. The Morgan fingerprint density at radius 3 is 2.93 bits per heavy atom. The number of anilines is 1. The smallest absolute Gasteiger partial charge is 0.0834 e. The second-order valence-electron chi connectivity index (χ2n) is 4.56.